The van der Waals surface area contributed by atoms with Gasteiger partial charge in [-0.05, 0) is 34.6 Å². The minimum Gasteiger partial charge on any atom is -0.338 e. The maximum Gasteiger partial charge on any atom is 0.109 e. The normalized spacial score (nSPS) is 12.6. The van der Waals surface area contributed by atoms with Crippen molar-refractivity contribution in [2.45, 2.75) is 24.3 Å². The SMILES string of the molecule is CCNC(CSc1ccccc1Br)Cc1nccn1C. The van der Waals surface area contributed by atoms with Crippen LogP contribution in [0.15, 0.2) is 46.0 Å². The topological polar surface area (TPSA) is 29.9 Å². The third-order valence-electron chi connectivity index (χ3n) is 3.12. The van der Waals surface area contributed by atoms with Crippen molar-refractivity contribution in [1.82, 2.24) is 14.9 Å². The van der Waals surface area contributed by atoms with Gasteiger partial charge in [0.1, 0.15) is 5.82 Å². The molecule has 2 rings (SSSR count). The van der Waals surface area contributed by atoms with Crippen molar-refractivity contribution in [2.24, 2.45) is 7.05 Å². The predicted octanol–water partition coefficient (Wildman–Crippen LogP) is 3.50. The molecule has 5 heteroatoms. The highest BCUT2D eigenvalue weighted by atomic mass is 79.9. The van der Waals surface area contributed by atoms with E-state index in [1.165, 1.54) is 4.90 Å². The molecule has 0 aliphatic rings. The first-order valence-corrected chi connectivity index (χ1v) is 8.55. The predicted molar refractivity (Wildman–Crippen MR) is 89.2 cm³/mol. The quantitative estimate of drug-likeness (QED) is 0.772. The van der Waals surface area contributed by atoms with E-state index < -0.39 is 0 Å². The van der Waals surface area contributed by atoms with Crippen molar-refractivity contribution in [2.75, 3.05) is 12.3 Å². The molecule has 0 saturated carbocycles. The van der Waals surface area contributed by atoms with Crippen LogP contribution in [0.4, 0.5) is 0 Å². The fourth-order valence-electron chi connectivity index (χ4n) is 2.04. The molecular weight excluding hydrogens is 334 g/mol. The van der Waals surface area contributed by atoms with Crippen LogP contribution >= 0.6 is 27.7 Å². The zero-order chi connectivity index (χ0) is 14.4. The van der Waals surface area contributed by atoms with E-state index in [1.807, 2.05) is 37.3 Å². The van der Waals surface area contributed by atoms with Crippen LogP contribution in [-0.4, -0.2) is 27.9 Å². The lowest BCUT2D eigenvalue weighted by atomic mass is 10.2. The van der Waals surface area contributed by atoms with Gasteiger partial charge in [-0.2, -0.15) is 0 Å². The largest absolute Gasteiger partial charge is 0.338 e. The van der Waals surface area contributed by atoms with E-state index in [-0.39, 0.29) is 0 Å². The molecule has 108 valence electrons. The molecule has 1 unspecified atom stereocenters. The minimum absolute atomic E-state index is 0.429. The molecule has 0 spiro atoms. The molecule has 0 radical (unpaired) electrons. The van der Waals surface area contributed by atoms with Crippen molar-refractivity contribution in [1.29, 1.82) is 0 Å². The summed E-state index contributed by atoms with van der Waals surface area (Å²) in [4.78, 5) is 5.70. The molecule has 0 aliphatic heterocycles. The van der Waals surface area contributed by atoms with Crippen molar-refractivity contribution < 1.29 is 0 Å². The van der Waals surface area contributed by atoms with Gasteiger partial charge in [0.15, 0.2) is 0 Å². The third-order valence-corrected chi connectivity index (χ3v) is 5.31. The number of thioether (sulfide) groups is 1. The Morgan fingerprint density at radius 2 is 2.20 bits per heavy atom. The van der Waals surface area contributed by atoms with Crippen LogP contribution in [0.1, 0.15) is 12.7 Å². The fourth-order valence-corrected chi connectivity index (χ4v) is 3.67. The van der Waals surface area contributed by atoms with Gasteiger partial charge in [0.2, 0.25) is 0 Å². The summed E-state index contributed by atoms with van der Waals surface area (Å²) in [7, 11) is 2.05. The molecule has 1 aromatic heterocycles. The summed E-state index contributed by atoms with van der Waals surface area (Å²) in [6.45, 7) is 3.13. The van der Waals surface area contributed by atoms with E-state index in [0.717, 1.165) is 29.0 Å². The standard InChI is InChI=1S/C15H20BrN3S/c1-3-17-12(10-15-18-8-9-19(15)2)11-20-14-7-5-4-6-13(14)16/h4-9,12,17H,3,10-11H2,1-2H3. The maximum atomic E-state index is 4.41. The number of rotatable bonds is 7. The molecular formula is C15H20BrN3S. The number of benzene rings is 1. The molecule has 1 N–H and O–H groups in total. The fraction of sp³-hybridized carbons (Fsp3) is 0.400. The van der Waals surface area contributed by atoms with Crippen LogP contribution in [-0.2, 0) is 13.5 Å². The van der Waals surface area contributed by atoms with Gasteiger partial charge in [0.25, 0.3) is 0 Å². The maximum absolute atomic E-state index is 4.41. The van der Waals surface area contributed by atoms with Crippen LogP contribution in [0.5, 0.6) is 0 Å². The third kappa shape index (κ3) is 4.36. The molecule has 0 saturated heterocycles. The van der Waals surface area contributed by atoms with Gasteiger partial charge in [0.05, 0.1) is 0 Å². The molecule has 0 amide bonds. The minimum atomic E-state index is 0.429. The molecule has 0 aliphatic carbocycles. The lowest BCUT2D eigenvalue weighted by molar-refractivity contribution is 0.550. The lowest BCUT2D eigenvalue weighted by Crippen LogP contribution is -2.34. The average Bonchev–Trinajstić information content (AvgIpc) is 2.83. The van der Waals surface area contributed by atoms with Crippen LogP contribution < -0.4 is 5.32 Å². The van der Waals surface area contributed by atoms with Gasteiger partial charge in [-0.3, -0.25) is 0 Å². The Labute approximate surface area is 133 Å². The van der Waals surface area contributed by atoms with Gasteiger partial charge < -0.3 is 9.88 Å². The number of nitrogens with zero attached hydrogens (tertiary/aromatic N) is 2. The summed E-state index contributed by atoms with van der Waals surface area (Å²) < 4.78 is 3.25. The van der Waals surface area contributed by atoms with Crippen molar-refractivity contribution in [3.8, 4) is 0 Å². The number of hydrogen-bond acceptors (Lipinski definition) is 3. The first-order valence-electron chi connectivity index (χ1n) is 6.77. The summed E-state index contributed by atoms with van der Waals surface area (Å²) in [5.41, 5.74) is 0. The van der Waals surface area contributed by atoms with Crippen LogP contribution in [0.2, 0.25) is 0 Å². The first-order chi connectivity index (χ1) is 9.70. The Hall–Kier alpha value is -0.780. The lowest BCUT2D eigenvalue weighted by Gasteiger charge is -2.17. The summed E-state index contributed by atoms with van der Waals surface area (Å²) in [6.07, 6.45) is 4.81. The summed E-state index contributed by atoms with van der Waals surface area (Å²) in [5, 5.41) is 3.55. The van der Waals surface area contributed by atoms with E-state index in [0.29, 0.717) is 6.04 Å². The summed E-state index contributed by atoms with van der Waals surface area (Å²) in [6, 6.07) is 8.79. The number of aromatic nitrogens is 2. The smallest absolute Gasteiger partial charge is 0.109 e. The van der Waals surface area contributed by atoms with Crippen LogP contribution in [0, 0.1) is 0 Å². The molecule has 20 heavy (non-hydrogen) atoms. The Morgan fingerprint density at radius 1 is 1.40 bits per heavy atom. The molecule has 1 heterocycles. The second-order valence-corrected chi connectivity index (χ2v) is 6.57. The molecule has 2 aromatic rings. The Kier molecular flexibility index (Phi) is 6.13. The number of nitrogens with one attached hydrogen (secondary N) is 1. The van der Waals surface area contributed by atoms with Crippen LogP contribution in [0.25, 0.3) is 0 Å². The Morgan fingerprint density at radius 3 is 2.85 bits per heavy atom. The van der Waals surface area contributed by atoms with Gasteiger partial charge in [-0.1, -0.05) is 19.1 Å². The monoisotopic (exact) mass is 353 g/mol. The molecule has 0 fully saturated rings. The van der Waals surface area contributed by atoms with Gasteiger partial charge in [-0.15, -0.1) is 11.8 Å². The second kappa shape index (κ2) is 7.86. The Balaban J connectivity index is 1.96. The molecule has 1 aromatic carbocycles. The number of imidazole rings is 1. The highest BCUT2D eigenvalue weighted by Gasteiger charge is 2.12. The average molecular weight is 354 g/mol. The van der Waals surface area contributed by atoms with Crippen molar-refractivity contribution in [3.05, 3.63) is 47.0 Å². The van der Waals surface area contributed by atoms with Gasteiger partial charge in [0, 0.05) is 47.0 Å². The highest BCUT2D eigenvalue weighted by molar-refractivity contribution is 9.10. The van der Waals surface area contributed by atoms with Crippen molar-refractivity contribution in [3.63, 3.8) is 0 Å². The van der Waals surface area contributed by atoms with Gasteiger partial charge in [-0.25, -0.2) is 4.98 Å². The van der Waals surface area contributed by atoms with Crippen molar-refractivity contribution >= 4 is 27.7 Å². The van der Waals surface area contributed by atoms with E-state index in [2.05, 4.69) is 55.9 Å². The number of likely N-dealkylation sites (N-methyl/N-ethyl adjacent to an activating group) is 1. The van der Waals surface area contributed by atoms with E-state index >= 15 is 0 Å². The van der Waals surface area contributed by atoms with E-state index in [9.17, 15) is 0 Å². The number of hydrogen-bond donors (Lipinski definition) is 1. The first kappa shape index (κ1) is 15.6. The Bertz CT molecular complexity index is 541. The highest BCUT2D eigenvalue weighted by Crippen LogP contribution is 2.27. The van der Waals surface area contributed by atoms with Crippen LogP contribution in [0.3, 0.4) is 0 Å². The zero-order valence-corrected chi connectivity index (χ0v) is 14.2. The summed E-state index contributed by atoms with van der Waals surface area (Å²) in [5.74, 6) is 2.16. The molecule has 0 bridgehead atoms. The number of halogens is 1. The van der Waals surface area contributed by atoms with E-state index in [1.54, 1.807) is 0 Å². The van der Waals surface area contributed by atoms with Gasteiger partial charge >= 0.3 is 0 Å². The number of aryl methyl sites for hydroxylation is 1. The molecule has 3 nitrogen and oxygen atoms in total. The summed E-state index contributed by atoms with van der Waals surface area (Å²) >= 11 is 5.48. The zero-order valence-electron chi connectivity index (χ0n) is 11.8. The molecule has 1 atom stereocenters. The van der Waals surface area contributed by atoms with E-state index in [4.69, 9.17) is 0 Å². The second-order valence-electron chi connectivity index (χ2n) is 4.65.